The lowest BCUT2D eigenvalue weighted by atomic mass is 12.0. The topological polar surface area (TPSA) is 17.1 Å². The predicted octanol–water partition coefficient (Wildman–Crippen LogP) is 0.638. The van der Waals surface area contributed by atoms with Gasteiger partial charge in [-0.15, -0.1) is 6.26 Å². The lowest BCUT2D eigenvalue weighted by Gasteiger charge is -1.66. The van der Waals surface area contributed by atoms with E-state index in [1.54, 1.807) is 6.26 Å². The van der Waals surface area contributed by atoms with Crippen LogP contribution in [0.3, 0.4) is 0 Å². The summed E-state index contributed by atoms with van der Waals surface area (Å²) in [7, 11) is 1.98. The van der Waals surface area contributed by atoms with E-state index >= 15 is 0 Å². The normalized spacial score (nSPS) is 8.50. The number of hydrogen-bond acceptors (Lipinski definition) is 2. The van der Waals surface area contributed by atoms with E-state index < -0.39 is 9.98 Å². The van der Waals surface area contributed by atoms with Crippen LogP contribution in [0, 0.1) is 0 Å². The van der Waals surface area contributed by atoms with Crippen LogP contribution in [0.5, 0.6) is 0 Å². The molecule has 0 aliphatic carbocycles. The van der Waals surface area contributed by atoms with E-state index in [0.29, 0.717) is 0 Å². The highest BCUT2D eigenvalue weighted by atomic mass is 32.5. The van der Waals surface area contributed by atoms with E-state index in [2.05, 4.69) is 8.02 Å². The van der Waals surface area contributed by atoms with Crippen molar-refractivity contribution in [3.05, 3.63) is 0 Å². The van der Waals surface area contributed by atoms with Crippen LogP contribution in [0.15, 0.2) is 0 Å². The maximum absolute atomic E-state index is 9.47. The molecule has 0 fully saturated rings. The quantitative estimate of drug-likeness (QED) is 0.318. The lowest BCUT2D eigenvalue weighted by molar-refractivity contribution is 0.606. The van der Waals surface area contributed by atoms with Crippen LogP contribution in [-0.4, -0.2) is 6.26 Å². The third kappa shape index (κ3) is 25.4. The van der Waals surface area contributed by atoms with E-state index in [-0.39, 0.29) is 0 Å². The fourth-order valence-corrected chi connectivity index (χ4v) is 0. The zero-order valence-electron chi connectivity index (χ0n) is 2.32. The molecule has 0 unspecified atom stereocenters. The Kier molecular flexibility index (Phi) is 1.94. The summed E-state index contributed by atoms with van der Waals surface area (Å²) in [6, 6.07) is 0. The molecular weight excluding hydrogens is 91.1 g/mol. The molecule has 0 radical (unpaired) electrons. The molecule has 0 atom stereocenters. The SMILES string of the molecule is C[S-](=O)=P. The van der Waals surface area contributed by atoms with Crippen molar-refractivity contribution in [3.8, 4) is 0 Å². The minimum absolute atomic E-state index is 0.806. The number of rotatable bonds is 0. The number of hydrogen-bond donors (Lipinski definition) is 0. The fourth-order valence-electron chi connectivity index (χ4n) is 0. The zero-order valence-corrected chi connectivity index (χ0v) is 4.13. The van der Waals surface area contributed by atoms with Crippen molar-refractivity contribution in [3.63, 3.8) is 0 Å². The molecule has 0 N–H and O–H groups in total. The predicted molar refractivity (Wildman–Crippen MR) is 22.3 cm³/mol. The minimum Gasteiger partial charge on any atom is -0.457 e. The second-order valence-electron chi connectivity index (χ2n) is 0.454. The molecular formula is CH4OPS-. The first-order valence-corrected chi connectivity index (χ1v) is 3.56. The van der Waals surface area contributed by atoms with Gasteiger partial charge in [0.1, 0.15) is 0 Å². The average Bonchev–Trinajstić information content (AvgIpc) is 0.811. The van der Waals surface area contributed by atoms with E-state index in [4.69, 9.17) is 0 Å². The Labute approximate surface area is 29.3 Å². The molecule has 0 aliphatic heterocycles. The maximum atomic E-state index is 9.47. The highest BCUT2D eigenvalue weighted by molar-refractivity contribution is 8.06. The molecule has 0 heterocycles. The second-order valence-corrected chi connectivity index (χ2v) is 3.09. The van der Waals surface area contributed by atoms with Crippen LogP contribution in [0.4, 0.5) is 0 Å². The standard InChI is InChI=1S/CH4OPS/c1-4(2)3/h3H,1H3/q-1. The van der Waals surface area contributed by atoms with Gasteiger partial charge in [0.2, 0.25) is 0 Å². The molecule has 0 bridgehead atoms. The summed E-state index contributed by atoms with van der Waals surface area (Å²) in [6.07, 6.45) is 1.55. The van der Waals surface area contributed by atoms with Crippen molar-refractivity contribution >= 4 is 18.0 Å². The molecule has 0 amide bonds. The molecule has 26 valence electrons. The first kappa shape index (κ1) is 4.45. The van der Waals surface area contributed by atoms with Crippen LogP contribution in [0.1, 0.15) is 0 Å². The fraction of sp³-hybridized carbons (Fsp3) is 1.00. The van der Waals surface area contributed by atoms with Crippen LogP contribution in [0.25, 0.3) is 0 Å². The smallest absolute Gasteiger partial charge is 0.114 e. The maximum Gasteiger partial charge on any atom is -0.114 e. The zero-order chi connectivity index (χ0) is 3.58. The summed E-state index contributed by atoms with van der Waals surface area (Å²) in [5.41, 5.74) is 0. The summed E-state index contributed by atoms with van der Waals surface area (Å²) in [5, 5.41) is 0. The average molecular weight is 95.1 g/mol. The highest BCUT2D eigenvalue weighted by Crippen LogP contribution is 1.57. The van der Waals surface area contributed by atoms with Crippen LogP contribution >= 0.6 is 8.02 Å². The van der Waals surface area contributed by atoms with Gasteiger partial charge < -0.3 is 4.21 Å². The molecule has 0 aromatic heterocycles. The van der Waals surface area contributed by atoms with Crippen LogP contribution < -0.4 is 0 Å². The Bertz CT molecular complexity index is 56.4. The summed E-state index contributed by atoms with van der Waals surface area (Å²) in [4.78, 5) is 0. The Hall–Kier alpha value is 0.450. The summed E-state index contributed by atoms with van der Waals surface area (Å²) < 4.78 is 9.47. The minimum atomic E-state index is -0.806. The Balaban J connectivity index is 3.51. The van der Waals surface area contributed by atoms with Crippen LogP contribution in [-0.2, 0) is 14.2 Å². The second kappa shape index (κ2) is 1.74. The molecule has 1 nitrogen and oxygen atoms in total. The van der Waals surface area contributed by atoms with Crippen molar-refractivity contribution < 1.29 is 4.21 Å². The third-order valence-corrected chi connectivity index (χ3v) is 0. The van der Waals surface area contributed by atoms with Gasteiger partial charge in [0, 0.05) is 0 Å². The van der Waals surface area contributed by atoms with Crippen molar-refractivity contribution in [1.29, 1.82) is 0 Å². The molecule has 0 aromatic rings. The summed E-state index contributed by atoms with van der Waals surface area (Å²) in [6.45, 7) is 0. The van der Waals surface area contributed by atoms with Gasteiger partial charge in [-0.25, -0.2) is 8.02 Å². The Morgan fingerprint density at radius 1 is 2.00 bits per heavy atom. The highest BCUT2D eigenvalue weighted by Gasteiger charge is 1.18. The molecule has 0 aromatic carbocycles. The molecule has 3 heteroatoms. The van der Waals surface area contributed by atoms with Gasteiger partial charge in [0.05, 0.1) is 0 Å². The van der Waals surface area contributed by atoms with Crippen molar-refractivity contribution in [2.45, 2.75) is 0 Å². The molecule has 0 saturated carbocycles. The van der Waals surface area contributed by atoms with Crippen LogP contribution in [0.2, 0.25) is 0 Å². The summed E-state index contributed by atoms with van der Waals surface area (Å²) in [5.74, 6) is 0. The first-order valence-electron chi connectivity index (χ1n) is 0.779. The molecule has 0 saturated heterocycles. The van der Waals surface area contributed by atoms with E-state index in [9.17, 15) is 4.21 Å². The van der Waals surface area contributed by atoms with Gasteiger partial charge in [0.25, 0.3) is 0 Å². The molecule has 0 rings (SSSR count). The van der Waals surface area contributed by atoms with Crippen molar-refractivity contribution in [1.82, 2.24) is 0 Å². The Morgan fingerprint density at radius 3 is 2.00 bits per heavy atom. The van der Waals surface area contributed by atoms with Gasteiger partial charge in [-0.05, 0) is 0 Å². The van der Waals surface area contributed by atoms with Crippen molar-refractivity contribution in [2.75, 3.05) is 6.26 Å². The van der Waals surface area contributed by atoms with E-state index in [1.165, 1.54) is 0 Å². The van der Waals surface area contributed by atoms with Gasteiger partial charge in [-0.3, -0.25) is 9.98 Å². The monoisotopic (exact) mass is 95.0 g/mol. The Morgan fingerprint density at radius 2 is 2.00 bits per heavy atom. The van der Waals surface area contributed by atoms with Crippen molar-refractivity contribution in [2.24, 2.45) is 0 Å². The molecule has 0 spiro atoms. The van der Waals surface area contributed by atoms with Gasteiger partial charge in [-0.1, -0.05) is 0 Å². The van der Waals surface area contributed by atoms with Gasteiger partial charge in [0.15, 0.2) is 0 Å². The van der Waals surface area contributed by atoms with Gasteiger partial charge >= 0.3 is 0 Å². The largest absolute Gasteiger partial charge is 0.457 e. The van der Waals surface area contributed by atoms with E-state index in [0.717, 1.165) is 0 Å². The molecule has 4 heavy (non-hydrogen) atoms. The van der Waals surface area contributed by atoms with E-state index in [1.807, 2.05) is 0 Å². The summed E-state index contributed by atoms with van der Waals surface area (Å²) >= 11 is 0. The lowest BCUT2D eigenvalue weighted by Crippen LogP contribution is -1.42. The first-order chi connectivity index (χ1) is 1.73. The molecule has 0 aliphatic rings. The van der Waals surface area contributed by atoms with Gasteiger partial charge in [-0.2, -0.15) is 0 Å². The third-order valence-electron chi connectivity index (χ3n) is 0.